The molecule has 0 amide bonds. The first kappa shape index (κ1) is 14.3. The summed E-state index contributed by atoms with van der Waals surface area (Å²) in [6.45, 7) is 0. The van der Waals surface area contributed by atoms with Crippen molar-refractivity contribution in [2.24, 2.45) is 0 Å². The van der Waals surface area contributed by atoms with Crippen molar-refractivity contribution < 1.29 is 8.78 Å². The fourth-order valence-corrected chi connectivity index (χ4v) is 1.92. The molecule has 0 aliphatic rings. The summed E-state index contributed by atoms with van der Waals surface area (Å²) in [4.78, 5) is 15.9. The van der Waals surface area contributed by atoms with Gasteiger partial charge in [-0.25, -0.2) is 23.7 Å². The molecular formula is C14H8ClF2N5. The van der Waals surface area contributed by atoms with E-state index in [0.29, 0.717) is 16.5 Å². The first-order valence-electron chi connectivity index (χ1n) is 6.15. The van der Waals surface area contributed by atoms with Crippen molar-refractivity contribution in [3.8, 4) is 11.4 Å². The van der Waals surface area contributed by atoms with E-state index >= 15 is 0 Å². The van der Waals surface area contributed by atoms with Gasteiger partial charge in [0.05, 0.1) is 5.69 Å². The van der Waals surface area contributed by atoms with Crippen molar-refractivity contribution in [1.29, 1.82) is 0 Å². The number of halogens is 3. The van der Waals surface area contributed by atoms with Crippen LogP contribution < -0.4 is 5.32 Å². The maximum atomic E-state index is 13.6. The van der Waals surface area contributed by atoms with Crippen LogP contribution in [0.25, 0.3) is 11.4 Å². The van der Waals surface area contributed by atoms with Crippen LogP contribution in [0.2, 0.25) is 5.15 Å². The Bertz CT molecular complexity index is 828. The molecule has 0 radical (unpaired) electrons. The number of aromatic nitrogens is 4. The molecule has 0 spiro atoms. The molecular weight excluding hydrogens is 312 g/mol. The Balaban J connectivity index is 1.93. The van der Waals surface area contributed by atoms with Crippen LogP contribution in [0, 0.1) is 11.6 Å². The lowest BCUT2D eigenvalue weighted by Gasteiger charge is -2.07. The van der Waals surface area contributed by atoms with E-state index in [1.54, 1.807) is 12.1 Å². The predicted molar refractivity (Wildman–Crippen MR) is 77.7 cm³/mol. The molecule has 0 unspecified atom stereocenters. The van der Waals surface area contributed by atoms with Gasteiger partial charge in [-0.3, -0.25) is 0 Å². The highest BCUT2D eigenvalue weighted by Gasteiger charge is 2.08. The Morgan fingerprint density at radius 1 is 1.00 bits per heavy atom. The van der Waals surface area contributed by atoms with Crippen LogP contribution in [-0.2, 0) is 0 Å². The predicted octanol–water partition coefficient (Wildman–Crippen LogP) is 3.61. The normalized spacial score (nSPS) is 10.5. The van der Waals surface area contributed by atoms with Gasteiger partial charge in [-0.15, -0.1) is 0 Å². The molecule has 3 aromatic rings. The smallest absolute Gasteiger partial charge is 0.230 e. The first-order valence-corrected chi connectivity index (χ1v) is 6.52. The molecule has 8 heteroatoms. The van der Waals surface area contributed by atoms with Gasteiger partial charge in [0.2, 0.25) is 5.95 Å². The molecule has 22 heavy (non-hydrogen) atoms. The second-order valence-corrected chi connectivity index (χ2v) is 4.64. The average molecular weight is 320 g/mol. The maximum absolute atomic E-state index is 13.6. The van der Waals surface area contributed by atoms with Gasteiger partial charge in [-0.1, -0.05) is 11.6 Å². The van der Waals surface area contributed by atoms with Crippen LogP contribution in [0.15, 0.2) is 42.9 Å². The standard InChI is InChI=1S/C14H8ClF2N5/c15-12-5-8(3-4-18-12)13-19-7-20-14(22-13)21-11-6-9(16)1-2-10(11)17/h1-7H,(H,19,20,21,22). The second-order valence-electron chi connectivity index (χ2n) is 4.25. The Morgan fingerprint density at radius 3 is 2.68 bits per heavy atom. The Morgan fingerprint density at radius 2 is 1.86 bits per heavy atom. The summed E-state index contributed by atoms with van der Waals surface area (Å²) in [5.74, 6) is -0.768. The van der Waals surface area contributed by atoms with Gasteiger partial charge in [0.1, 0.15) is 23.1 Å². The van der Waals surface area contributed by atoms with Crippen LogP contribution in [0.3, 0.4) is 0 Å². The van der Waals surface area contributed by atoms with Gasteiger partial charge < -0.3 is 5.32 Å². The fourth-order valence-electron chi connectivity index (χ4n) is 1.75. The van der Waals surface area contributed by atoms with E-state index in [0.717, 1.165) is 18.2 Å². The minimum absolute atomic E-state index is 0.0649. The second kappa shape index (κ2) is 5.98. The molecule has 0 fully saturated rings. The molecule has 0 atom stereocenters. The van der Waals surface area contributed by atoms with Crippen LogP contribution in [0.4, 0.5) is 20.4 Å². The average Bonchev–Trinajstić information content (AvgIpc) is 2.51. The lowest BCUT2D eigenvalue weighted by Crippen LogP contribution is -2.02. The first-order chi connectivity index (χ1) is 10.6. The third kappa shape index (κ3) is 3.15. The Hall–Kier alpha value is -2.67. The summed E-state index contributed by atoms with van der Waals surface area (Å²) in [6.07, 6.45) is 2.77. The highest BCUT2D eigenvalue weighted by atomic mass is 35.5. The third-order valence-corrected chi connectivity index (χ3v) is 2.94. The summed E-state index contributed by atoms with van der Waals surface area (Å²) >= 11 is 5.81. The largest absolute Gasteiger partial charge is 0.321 e. The molecule has 0 saturated carbocycles. The molecule has 1 aromatic carbocycles. The number of anilines is 2. The van der Waals surface area contributed by atoms with Gasteiger partial charge in [0.25, 0.3) is 0 Å². The quantitative estimate of drug-likeness (QED) is 0.747. The molecule has 110 valence electrons. The molecule has 0 aliphatic carbocycles. The summed E-state index contributed by atoms with van der Waals surface area (Å²) < 4.78 is 26.8. The highest BCUT2D eigenvalue weighted by molar-refractivity contribution is 6.29. The van der Waals surface area contributed by atoms with Crippen LogP contribution in [0.1, 0.15) is 0 Å². The van der Waals surface area contributed by atoms with Crippen molar-refractivity contribution in [3.05, 3.63) is 59.6 Å². The monoisotopic (exact) mass is 319 g/mol. The summed E-state index contributed by atoms with van der Waals surface area (Å²) in [6, 6.07) is 6.32. The number of hydrogen-bond acceptors (Lipinski definition) is 5. The van der Waals surface area contributed by atoms with Crippen LogP contribution in [-0.4, -0.2) is 19.9 Å². The van der Waals surface area contributed by atoms with Crippen LogP contribution >= 0.6 is 11.6 Å². The molecule has 5 nitrogen and oxygen atoms in total. The zero-order valence-corrected chi connectivity index (χ0v) is 11.7. The lowest BCUT2D eigenvalue weighted by molar-refractivity contribution is 0.603. The number of rotatable bonds is 3. The maximum Gasteiger partial charge on any atom is 0.230 e. The molecule has 3 rings (SSSR count). The summed E-state index contributed by atoms with van der Waals surface area (Å²) in [7, 11) is 0. The van der Waals surface area contributed by atoms with E-state index in [9.17, 15) is 8.78 Å². The van der Waals surface area contributed by atoms with Gasteiger partial charge in [-0.2, -0.15) is 4.98 Å². The zero-order valence-electron chi connectivity index (χ0n) is 11.0. The fraction of sp³-hybridized carbons (Fsp3) is 0. The zero-order chi connectivity index (χ0) is 15.5. The van der Waals surface area contributed by atoms with Gasteiger partial charge in [0.15, 0.2) is 5.82 Å². The van der Waals surface area contributed by atoms with E-state index in [4.69, 9.17) is 11.6 Å². The van der Waals surface area contributed by atoms with Gasteiger partial charge in [-0.05, 0) is 24.3 Å². The molecule has 0 saturated heterocycles. The Labute approximate surface area is 129 Å². The van der Waals surface area contributed by atoms with Gasteiger partial charge in [0, 0.05) is 17.8 Å². The molecule has 1 N–H and O–H groups in total. The third-order valence-electron chi connectivity index (χ3n) is 2.73. The number of nitrogens with one attached hydrogen (secondary N) is 1. The molecule has 2 heterocycles. The number of nitrogens with zero attached hydrogens (tertiary/aromatic N) is 4. The molecule has 2 aromatic heterocycles. The number of hydrogen-bond donors (Lipinski definition) is 1. The van der Waals surface area contributed by atoms with E-state index in [2.05, 4.69) is 25.3 Å². The topological polar surface area (TPSA) is 63.6 Å². The van der Waals surface area contributed by atoms with Crippen molar-refractivity contribution >= 4 is 23.2 Å². The van der Waals surface area contributed by atoms with E-state index in [1.165, 1.54) is 12.5 Å². The Kier molecular flexibility index (Phi) is 3.88. The highest BCUT2D eigenvalue weighted by Crippen LogP contribution is 2.21. The molecule has 0 aliphatic heterocycles. The van der Waals surface area contributed by atoms with Crippen molar-refractivity contribution in [2.45, 2.75) is 0 Å². The van der Waals surface area contributed by atoms with Gasteiger partial charge >= 0.3 is 0 Å². The number of benzene rings is 1. The van der Waals surface area contributed by atoms with E-state index in [1.807, 2.05) is 0 Å². The summed E-state index contributed by atoms with van der Waals surface area (Å²) in [5, 5.41) is 2.91. The minimum atomic E-state index is -0.615. The van der Waals surface area contributed by atoms with Crippen molar-refractivity contribution in [1.82, 2.24) is 19.9 Å². The lowest BCUT2D eigenvalue weighted by atomic mass is 10.2. The van der Waals surface area contributed by atoms with Crippen molar-refractivity contribution in [3.63, 3.8) is 0 Å². The van der Waals surface area contributed by atoms with E-state index in [-0.39, 0.29) is 11.6 Å². The summed E-state index contributed by atoms with van der Waals surface area (Å²) in [5.41, 5.74) is 0.565. The number of pyridine rings is 1. The van der Waals surface area contributed by atoms with Crippen molar-refractivity contribution in [2.75, 3.05) is 5.32 Å². The minimum Gasteiger partial charge on any atom is -0.321 e. The van der Waals surface area contributed by atoms with E-state index < -0.39 is 11.6 Å². The molecule has 0 bridgehead atoms. The van der Waals surface area contributed by atoms with Crippen LogP contribution in [0.5, 0.6) is 0 Å². The SMILES string of the molecule is Fc1ccc(F)c(Nc2ncnc(-c3ccnc(Cl)c3)n2)c1.